The maximum atomic E-state index is 4.53. The number of rotatable bonds is 0. The standard InChI is InChI=1S/C4H4O2/c1-3-5-4(2)6-3/h1-2H2. The van der Waals surface area contributed by atoms with Crippen molar-refractivity contribution in [1.82, 2.24) is 0 Å². The monoisotopic (exact) mass is 84.0 g/mol. The van der Waals surface area contributed by atoms with Gasteiger partial charge in [-0.2, -0.15) is 0 Å². The molecule has 1 heterocycles. The van der Waals surface area contributed by atoms with Crippen LogP contribution < -0.4 is 11.2 Å². The normalized spacial score (nSPS) is 9.33. The molecule has 0 radical (unpaired) electrons. The zero-order valence-corrected chi connectivity index (χ0v) is 3.23. The molecule has 0 aliphatic rings. The smallest absolute Gasteiger partial charge is 0.287 e. The maximum absolute atomic E-state index is 4.53. The van der Waals surface area contributed by atoms with Crippen LogP contribution in [0.3, 0.4) is 0 Å². The van der Waals surface area contributed by atoms with Crippen LogP contribution in [0.5, 0.6) is 0 Å². The summed E-state index contributed by atoms with van der Waals surface area (Å²) in [5, 5.41) is 0. The summed E-state index contributed by atoms with van der Waals surface area (Å²) in [5.74, 6) is 0. The second-order valence-electron chi connectivity index (χ2n) is 0.948. The van der Waals surface area contributed by atoms with Gasteiger partial charge in [0.15, 0.2) is 0 Å². The summed E-state index contributed by atoms with van der Waals surface area (Å²) in [7, 11) is 0. The molecular weight excluding hydrogens is 80.0 g/mol. The van der Waals surface area contributed by atoms with E-state index in [-0.39, 0.29) is 0 Å². The second kappa shape index (κ2) is 0.772. The molecule has 0 aliphatic heterocycles. The van der Waals surface area contributed by atoms with Crippen LogP contribution in [-0.4, -0.2) is 0 Å². The van der Waals surface area contributed by atoms with E-state index in [0.29, 0.717) is 11.2 Å². The highest BCUT2D eigenvalue weighted by molar-refractivity contribution is 4.82. The third kappa shape index (κ3) is 0.266. The molecule has 2 heteroatoms. The first-order valence-corrected chi connectivity index (χ1v) is 1.52. The van der Waals surface area contributed by atoms with E-state index in [4.69, 9.17) is 0 Å². The predicted octanol–water partition coefficient (Wildman–Crippen LogP) is -0.307. The van der Waals surface area contributed by atoms with Gasteiger partial charge in [0.05, 0.1) is 0 Å². The van der Waals surface area contributed by atoms with Crippen molar-refractivity contribution in [3.63, 3.8) is 0 Å². The van der Waals surface area contributed by atoms with Crippen LogP contribution in [0, 0.1) is 0 Å². The van der Waals surface area contributed by atoms with Crippen LogP contribution in [0.4, 0.5) is 0 Å². The average molecular weight is 84.1 g/mol. The summed E-state index contributed by atoms with van der Waals surface area (Å²) in [5.41, 5.74) is 0.667. The Morgan fingerprint density at radius 3 is 1.33 bits per heavy atom. The van der Waals surface area contributed by atoms with E-state index in [1.54, 1.807) is 0 Å². The first kappa shape index (κ1) is 3.28. The fourth-order valence-corrected chi connectivity index (χ4v) is 0.262. The van der Waals surface area contributed by atoms with E-state index >= 15 is 0 Å². The summed E-state index contributed by atoms with van der Waals surface area (Å²) < 4.78 is 9.06. The highest BCUT2D eigenvalue weighted by atomic mass is 16.6. The third-order valence-electron chi connectivity index (χ3n) is 0.455. The Labute approximate surface area is 34.4 Å². The maximum Gasteiger partial charge on any atom is 0.287 e. The van der Waals surface area contributed by atoms with Gasteiger partial charge in [-0.15, -0.1) is 0 Å². The van der Waals surface area contributed by atoms with E-state index in [9.17, 15) is 0 Å². The largest absolute Gasteiger partial charge is 0.393 e. The zero-order chi connectivity index (χ0) is 4.57. The van der Waals surface area contributed by atoms with Crippen LogP contribution >= 0.6 is 0 Å². The molecule has 0 amide bonds. The minimum atomic E-state index is 0.333. The van der Waals surface area contributed by atoms with E-state index in [1.165, 1.54) is 0 Å². The summed E-state index contributed by atoms with van der Waals surface area (Å²) in [6.45, 7) is 6.61. The Balaban J connectivity index is 3.41. The average Bonchev–Trinajstić information content (AvgIpc) is 1.33. The molecule has 0 bridgehead atoms. The van der Waals surface area contributed by atoms with Gasteiger partial charge in [-0.3, -0.25) is 0 Å². The Hall–Kier alpha value is -0.920. The lowest BCUT2D eigenvalue weighted by Crippen LogP contribution is -2.17. The van der Waals surface area contributed by atoms with Crippen LogP contribution in [-0.2, 0) is 0 Å². The molecule has 6 heavy (non-hydrogen) atoms. The van der Waals surface area contributed by atoms with Gasteiger partial charge in [0.25, 0.3) is 11.2 Å². The molecule has 0 unspecified atom stereocenters. The molecule has 1 aromatic rings. The molecule has 1 aromatic heterocycles. The fourth-order valence-electron chi connectivity index (χ4n) is 0.262. The summed E-state index contributed by atoms with van der Waals surface area (Å²) in [6.07, 6.45) is 0. The van der Waals surface area contributed by atoms with Crippen molar-refractivity contribution in [3.8, 4) is 0 Å². The predicted molar refractivity (Wildman–Crippen MR) is 21.3 cm³/mol. The molecule has 0 spiro atoms. The van der Waals surface area contributed by atoms with Gasteiger partial charge in [-0.25, -0.2) is 0 Å². The minimum Gasteiger partial charge on any atom is -0.393 e. The van der Waals surface area contributed by atoms with Crippen molar-refractivity contribution in [3.05, 3.63) is 11.2 Å². The molecule has 2 nitrogen and oxygen atoms in total. The van der Waals surface area contributed by atoms with Crippen LogP contribution in [0.15, 0.2) is 8.83 Å². The molecule has 32 valence electrons. The quantitative estimate of drug-likeness (QED) is 0.431. The van der Waals surface area contributed by atoms with E-state index in [0.717, 1.165) is 0 Å². The van der Waals surface area contributed by atoms with Crippen LogP contribution in [0.2, 0.25) is 0 Å². The number of hydrogen-bond donors (Lipinski definition) is 0. The van der Waals surface area contributed by atoms with Crippen LogP contribution in [0.25, 0.3) is 13.2 Å². The van der Waals surface area contributed by atoms with E-state index in [2.05, 4.69) is 22.0 Å². The van der Waals surface area contributed by atoms with Gasteiger partial charge < -0.3 is 8.83 Å². The number of hydrogen-bond acceptors (Lipinski definition) is 2. The van der Waals surface area contributed by atoms with Gasteiger partial charge in [0.1, 0.15) is 0 Å². The van der Waals surface area contributed by atoms with Gasteiger partial charge >= 0.3 is 0 Å². The SMILES string of the molecule is C=c1oc(=C)o1. The fraction of sp³-hybridized carbons (Fsp3) is 0. The minimum absolute atomic E-state index is 0.333. The zero-order valence-electron chi connectivity index (χ0n) is 3.23. The Morgan fingerprint density at radius 1 is 1.00 bits per heavy atom. The summed E-state index contributed by atoms with van der Waals surface area (Å²) in [6, 6.07) is 0. The van der Waals surface area contributed by atoms with Crippen molar-refractivity contribution < 1.29 is 8.83 Å². The van der Waals surface area contributed by atoms with Crippen molar-refractivity contribution in [2.45, 2.75) is 0 Å². The second-order valence-corrected chi connectivity index (χ2v) is 0.948. The van der Waals surface area contributed by atoms with Gasteiger partial charge in [0.2, 0.25) is 0 Å². The molecule has 0 aromatic carbocycles. The Morgan fingerprint density at radius 2 is 1.33 bits per heavy atom. The lowest BCUT2D eigenvalue weighted by Gasteiger charge is -1.83. The molecule has 0 aliphatic carbocycles. The van der Waals surface area contributed by atoms with Crippen LogP contribution in [0.1, 0.15) is 0 Å². The summed E-state index contributed by atoms with van der Waals surface area (Å²) in [4.78, 5) is 0. The molecule has 0 saturated heterocycles. The molecule has 0 saturated carbocycles. The highest BCUT2D eigenvalue weighted by Gasteiger charge is 1.79. The van der Waals surface area contributed by atoms with Gasteiger partial charge in [0, 0.05) is 0 Å². The van der Waals surface area contributed by atoms with Crippen molar-refractivity contribution >= 4 is 13.2 Å². The van der Waals surface area contributed by atoms with Crippen molar-refractivity contribution in [1.29, 1.82) is 0 Å². The van der Waals surface area contributed by atoms with Gasteiger partial charge in [-0.1, -0.05) is 0 Å². The Bertz CT molecular complexity index is 166. The third-order valence-corrected chi connectivity index (χ3v) is 0.455. The van der Waals surface area contributed by atoms with Crippen molar-refractivity contribution in [2.24, 2.45) is 0 Å². The molecule has 0 N–H and O–H groups in total. The van der Waals surface area contributed by atoms with Crippen molar-refractivity contribution in [2.75, 3.05) is 0 Å². The molecule has 0 fully saturated rings. The lowest BCUT2D eigenvalue weighted by atomic mass is 11.0. The molecule has 1 rings (SSSR count). The molecular formula is C4H4O2. The first-order chi connectivity index (χ1) is 2.79. The van der Waals surface area contributed by atoms with E-state index in [1.807, 2.05) is 0 Å². The van der Waals surface area contributed by atoms with Gasteiger partial charge in [-0.05, 0) is 13.2 Å². The lowest BCUT2D eigenvalue weighted by molar-refractivity contribution is 0.151. The topological polar surface area (TPSA) is 26.3 Å². The Kier molecular flexibility index (Phi) is 0.422. The molecule has 0 atom stereocenters. The highest BCUT2D eigenvalue weighted by Crippen LogP contribution is 1.53. The summed E-state index contributed by atoms with van der Waals surface area (Å²) >= 11 is 0. The van der Waals surface area contributed by atoms with E-state index < -0.39 is 0 Å². The first-order valence-electron chi connectivity index (χ1n) is 1.52.